The summed E-state index contributed by atoms with van der Waals surface area (Å²) in [6.45, 7) is 2.43. The summed E-state index contributed by atoms with van der Waals surface area (Å²) in [4.78, 5) is 14.0. The van der Waals surface area contributed by atoms with Gasteiger partial charge in [0.05, 0.1) is 4.90 Å². The molecule has 0 N–H and O–H groups in total. The molecule has 0 aromatic heterocycles. The quantitative estimate of drug-likeness (QED) is 0.781. The normalized spacial score (nSPS) is 15.6. The van der Waals surface area contributed by atoms with Crippen LogP contribution in [0.25, 0.3) is 0 Å². The van der Waals surface area contributed by atoms with Crippen LogP contribution in [0.2, 0.25) is 0 Å². The van der Waals surface area contributed by atoms with E-state index in [4.69, 9.17) is 4.74 Å². The molecule has 0 spiro atoms. The maximum atomic E-state index is 13.2. The number of nitrogens with zero attached hydrogens (tertiary/aromatic N) is 2. The molecule has 0 saturated carbocycles. The van der Waals surface area contributed by atoms with Crippen molar-refractivity contribution in [1.82, 2.24) is 9.21 Å². The zero-order valence-electron chi connectivity index (χ0n) is 15.0. The first-order valence-corrected chi connectivity index (χ1v) is 10.0. The Bertz CT molecular complexity index is 911. The number of halogens is 1. The molecule has 144 valence electrons. The summed E-state index contributed by atoms with van der Waals surface area (Å²) in [5, 5.41) is 0. The topological polar surface area (TPSA) is 66.9 Å². The maximum Gasteiger partial charge on any atom is 0.260 e. The number of hydrogen-bond donors (Lipinski definition) is 0. The van der Waals surface area contributed by atoms with Crippen molar-refractivity contribution in [2.24, 2.45) is 0 Å². The van der Waals surface area contributed by atoms with Crippen LogP contribution in [0.5, 0.6) is 5.75 Å². The number of aryl methyl sites for hydroxylation is 1. The molecule has 3 rings (SSSR count). The van der Waals surface area contributed by atoms with E-state index >= 15 is 0 Å². The lowest BCUT2D eigenvalue weighted by Gasteiger charge is -2.34. The summed E-state index contributed by atoms with van der Waals surface area (Å²) in [6, 6.07) is 12.7. The van der Waals surface area contributed by atoms with Gasteiger partial charge in [0.15, 0.2) is 6.61 Å². The summed E-state index contributed by atoms with van der Waals surface area (Å²) in [5.74, 6) is -0.0482. The van der Waals surface area contributed by atoms with Gasteiger partial charge >= 0.3 is 0 Å². The third kappa shape index (κ3) is 4.45. The van der Waals surface area contributed by atoms with Crippen LogP contribution < -0.4 is 4.74 Å². The maximum absolute atomic E-state index is 13.2. The number of benzene rings is 2. The van der Waals surface area contributed by atoms with Crippen LogP contribution in [-0.2, 0) is 14.8 Å². The molecule has 27 heavy (non-hydrogen) atoms. The van der Waals surface area contributed by atoms with E-state index < -0.39 is 15.8 Å². The fourth-order valence-electron chi connectivity index (χ4n) is 2.97. The van der Waals surface area contributed by atoms with Gasteiger partial charge in [-0.3, -0.25) is 4.79 Å². The zero-order chi connectivity index (χ0) is 19.4. The number of para-hydroxylation sites is 1. The Morgan fingerprint density at radius 1 is 1.07 bits per heavy atom. The van der Waals surface area contributed by atoms with Crippen molar-refractivity contribution in [3.8, 4) is 5.75 Å². The SMILES string of the molecule is Cc1cc(F)ccc1S(=O)(=O)N1CCN(C(=O)COc2ccccc2)CC1. The van der Waals surface area contributed by atoms with Gasteiger partial charge in [-0.15, -0.1) is 0 Å². The van der Waals surface area contributed by atoms with E-state index in [1.807, 2.05) is 18.2 Å². The molecule has 1 aliphatic heterocycles. The molecular weight excluding hydrogens is 371 g/mol. The minimum Gasteiger partial charge on any atom is -0.484 e. The van der Waals surface area contributed by atoms with Crippen LogP contribution in [0.1, 0.15) is 5.56 Å². The number of hydrogen-bond acceptors (Lipinski definition) is 4. The van der Waals surface area contributed by atoms with E-state index in [9.17, 15) is 17.6 Å². The van der Waals surface area contributed by atoms with E-state index in [1.165, 1.54) is 16.4 Å². The third-order valence-corrected chi connectivity index (χ3v) is 6.51. The number of ether oxygens (including phenoxy) is 1. The summed E-state index contributed by atoms with van der Waals surface area (Å²) in [7, 11) is -3.72. The van der Waals surface area contributed by atoms with Gasteiger partial charge in [0.2, 0.25) is 10.0 Å². The third-order valence-electron chi connectivity index (χ3n) is 4.45. The Morgan fingerprint density at radius 3 is 2.37 bits per heavy atom. The molecule has 0 atom stereocenters. The number of amides is 1. The van der Waals surface area contributed by atoms with Gasteiger partial charge in [-0.05, 0) is 42.8 Å². The lowest BCUT2D eigenvalue weighted by Crippen LogP contribution is -2.51. The molecule has 0 radical (unpaired) electrons. The molecule has 0 bridgehead atoms. The highest BCUT2D eigenvalue weighted by molar-refractivity contribution is 7.89. The number of rotatable bonds is 5. The summed E-state index contributed by atoms with van der Waals surface area (Å²) in [6.07, 6.45) is 0. The van der Waals surface area contributed by atoms with Gasteiger partial charge in [0, 0.05) is 26.2 Å². The van der Waals surface area contributed by atoms with Gasteiger partial charge in [-0.2, -0.15) is 4.31 Å². The molecule has 2 aromatic rings. The monoisotopic (exact) mass is 392 g/mol. The Hall–Kier alpha value is -2.45. The first-order chi connectivity index (χ1) is 12.9. The fourth-order valence-corrected chi connectivity index (χ4v) is 4.60. The van der Waals surface area contributed by atoms with Crippen LogP contribution in [-0.4, -0.2) is 56.3 Å². The van der Waals surface area contributed by atoms with Crippen LogP contribution >= 0.6 is 0 Å². The van der Waals surface area contributed by atoms with Crippen molar-refractivity contribution in [2.45, 2.75) is 11.8 Å². The van der Waals surface area contributed by atoms with Crippen LogP contribution in [0.3, 0.4) is 0 Å². The number of carbonyl (C=O) groups is 1. The zero-order valence-corrected chi connectivity index (χ0v) is 15.8. The molecular formula is C19H21FN2O4S. The lowest BCUT2D eigenvalue weighted by atomic mass is 10.2. The largest absolute Gasteiger partial charge is 0.484 e. The summed E-state index contributed by atoms with van der Waals surface area (Å²) in [5.41, 5.74) is 0.366. The summed E-state index contributed by atoms with van der Waals surface area (Å²) < 4.78 is 45.6. The van der Waals surface area contributed by atoms with Crippen molar-refractivity contribution < 1.29 is 22.3 Å². The second-order valence-electron chi connectivity index (χ2n) is 6.30. The standard InChI is InChI=1S/C19H21FN2O4S/c1-15-13-16(20)7-8-18(15)27(24,25)22-11-9-21(10-12-22)19(23)14-26-17-5-3-2-4-6-17/h2-8,13H,9-12,14H2,1H3. The highest BCUT2D eigenvalue weighted by atomic mass is 32.2. The van der Waals surface area contributed by atoms with Gasteiger partial charge in [0.1, 0.15) is 11.6 Å². The molecule has 1 heterocycles. The second-order valence-corrected chi connectivity index (χ2v) is 8.20. The predicted octanol–water partition coefficient (Wildman–Crippen LogP) is 2.05. The van der Waals surface area contributed by atoms with Crippen molar-refractivity contribution >= 4 is 15.9 Å². The lowest BCUT2D eigenvalue weighted by molar-refractivity contribution is -0.134. The molecule has 6 nitrogen and oxygen atoms in total. The van der Waals surface area contributed by atoms with E-state index in [0.717, 1.165) is 6.07 Å². The van der Waals surface area contributed by atoms with Gasteiger partial charge in [0.25, 0.3) is 5.91 Å². The summed E-state index contributed by atoms with van der Waals surface area (Å²) >= 11 is 0. The van der Waals surface area contributed by atoms with E-state index in [-0.39, 0.29) is 43.6 Å². The van der Waals surface area contributed by atoms with E-state index in [0.29, 0.717) is 11.3 Å². The Morgan fingerprint density at radius 2 is 1.74 bits per heavy atom. The second kappa shape index (κ2) is 8.06. The molecule has 2 aromatic carbocycles. The van der Waals surface area contributed by atoms with Crippen molar-refractivity contribution in [3.63, 3.8) is 0 Å². The molecule has 1 fully saturated rings. The van der Waals surface area contributed by atoms with Crippen LogP contribution in [0, 0.1) is 12.7 Å². The van der Waals surface area contributed by atoms with Crippen molar-refractivity contribution in [1.29, 1.82) is 0 Å². The van der Waals surface area contributed by atoms with Gasteiger partial charge < -0.3 is 9.64 Å². The van der Waals surface area contributed by atoms with Crippen molar-refractivity contribution in [2.75, 3.05) is 32.8 Å². The van der Waals surface area contributed by atoms with Gasteiger partial charge in [-0.1, -0.05) is 18.2 Å². The first-order valence-electron chi connectivity index (χ1n) is 8.60. The van der Waals surface area contributed by atoms with Crippen LogP contribution in [0.4, 0.5) is 4.39 Å². The number of carbonyl (C=O) groups excluding carboxylic acids is 1. The average Bonchev–Trinajstić information content (AvgIpc) is 2.66. The van der Waals surface area contributed by atoms with E-state index in [2.05, 4.69) is 0 Å². The molecule has 0 aliphatic carbocycles. The van der Waals surface area contributed by atoms with Crippen molar-refractivity contribution in [3.05, 3.63) is 59.9 Å². The molecule has 1 amide bonds. The highest BCUT2D eigenvalue weighted by Gasteiger charge is 2.31. The van der Waals surface area contributed by atoms with E-state index in [1.54, 1.807) is 24.0 Å². The number of piperazine rings is 1. The van der Waals surface area contributed by atoms with Gasteiger partial charge in [-0.25, -0.2) is 12.8 Å². The molecule has 1 aliphatic rings. The Kier molecular flexibility index (Phi) is 5.76. The minimum absolute atomic E-state index is 0.0895. The highest BCUT2D eigenvalue weighted by Crippen LogP contribution is 2.22. The average molecular weight is 392 g/mol. The number of sulfonamides is 1. The minimum atomic E-state index is -3.72. The smallest absolute Gasteiger partial charge is 0.260 e. The fraction of sp³-hybridized carbons (Fsp3) is 0.316. The molecule has 0 unspecified atom stereocenters. The first kappa shape index (κ1) is 19.3. The Balaban J connectivity index is 1.58. The molecule has 8 heteroatoms. The molecule has 1 saturated heterocycles. The predicted molar refractivity (Wildman–Crippen MR) is 98.4 cm³/mol. The Labute approximate surface area is 158 Å². The van der Waals surface area contributed by atoms with Crippen LogP contribution in [0.15, 0.2) is 53.4 Å².